The number of rotatable bonds is 8. The number of hydrogen-bond acceptors (Lipinski definition) is 4. The Morgan fingerprint density at radius 1 is 1.07 bits per heavy atom. The fourth-order valence-corrected chi connectivity index (χ4v) is 3.21. The lowest BCUT2D eigenvalue weighted by Crippen LogP contribution is -2.37. The summed E-state index contributed by atoms with van der Waals surface area (Å²) >= 11 is 0. The van der Waals surface area contributed by atoms with Gasteiger partial charge in [0, 0.05) is 18.3 Å². The maximum absolute atomic E-state index is 12.9. The van der Waals surface area contributed by atoms with Crippen LogP contribution in [0.1, 0.15) is 61.3 Å². The molecule has 158 valence electrons. The van der Waals surface area contributed by atoms with Gasteiger partial charge in [-0.05, 0) is 37.8 Å². The number of aromatic nitrogens is 3. The monoisotopic (exact) mass is 407 g/mol. The van der Waals surface area contributed by atoms with Gasteiger partial charge in [-0.2, -0.15) is 5.10 Å². The number of benzene rings is 1. The average Bonchev–Trinajstić information content (AvgIpc) is 3.16. The summed E-state index contributed by atoms with van der Waals surface area (Å²) in [6, 6.07) is 11.9. The molecule has 1 aromatic carbocycles. The fraction of sp³-hybridized carbons (Fsp3) is 0.391. The molecule has 30 heavy (non-hydrogen) atoms. The van der Waals surface area contributed by atoms with Gasteiger partial charge in [-0.25, -0.2) is 9.67 Å². The number of carbonyl (C=O) groups is 2. The summed E-state index contributed by atoms with van der Waals surface area (Å²) in [4.78, 5) is 29.7. The summed E-state index contributed by atoms with van der Waals surface area (Å²) < 4.78 is 1.81. The van der Waals surface area contributed by atoms with Gasteiger partial charge in [-0.3, -0.25) is 9.59 Å². The van der Waals surface area contributed by atoms with Crippen molar-refractivity contribution in [2.45, 2.75) is 46.1 Å². The lowest BCUT2D eigenvalue weighted by Gasteiger charge is -2.12. The first-order valence-electron chi connectivity index (χ1n) is 10.3. The SMILES string of the molecule is CC(C)c1cc(C(=O)NCC(=O)NCCc2ccccc2)c2cnn(C(C)C)c2n1. The Balaban J connectivity index is 1.66. The molecule has 2 heterocycles. The van der Waals surface area contributed by atoms with Crippen molar-refractivity contribution in [2.75, 3.05) is 13.1 Å². The Kier molecular flexibility index (Phi) is 6.82. The first-order valence-corrected chi connectivity index (χ1v) is 10.3. The Morgan fingerprint density at radius 2 is 1.80 bits per heavy atom. The van der Waals surface area contributed by atoms with Crippen LogP contribution in [0.5, 0.6) is 0 Å². The van der Waals surface area contributed by atoms with E-state index < -0.39 is 0 Å². The molecule has 0 spiro atoms. The molecule has 3 rings (SSSR count). The summed E-state index contributed by atoms with van der Waals surface area (Å²) in [5, 5.41) is 10.7. The van der Waals surface area contributed by atoms with Crippen molar-refractivity contribution >= 4 is 22.8 Å². The van der Waals surface area contributed by atoms with Gasteiger partial charge in [0.25, 0.3) is 5.91 Å². The van der Waals surface area contributed by atoms with E-state index in [1.807, 2.05) is 62.7 Å². The minimum Gasteiger partial charge on any atom is -0.354 e. The number of pyridine rings is 1. The highest BCUT2D eigenvalue weighted by Crippen LogP contribution is 2.24. The van der Waals surface area contributed by atoms with Crippen molar-refractivity contribution in [3.63, 3.8) is 0 Å². The second kappa shape index (κ2) is 9.52. The van der Waals surface area contributed by atoms with Crippen LogP contribution < -0.4 is 10.6 Å². The molecule has 3 aromatic rings. The van der Waals surface area contributed by atoms with Crippen LogP contribution in [0.2, 0.25) is 0 Å². The predicted molar refractivity (Wildman–Crippen MR) is 117 cm³/mol. The quantitative estimate of drug-likeness (QED) is 0.600. The van der Waals surface area contributed by atoms with Gasteiger partial charge in [0.15, 0.2) is 5.65 Å². The fourth-order valence-electron chi connectivity index (χ4n) is 3.21. The minimum atomic E-state index is -0.300. The topological polar surface area (TPSA) is 88.9 Å². The molecule has 0 aliphatic rings. The number of hydrogen-bond donors (Lipinski definition) is 2. The van der Waals surface area contributed by atoms with Gasteiger partial charge in [-0.1, -0.05) is 44.2 Å². The number of amides is 2. The van der Waals surface area contributed by atoms with Crippen LogP contribution in [0, 0.1) is 0 Å². The van der Waals surface area contributed by atoms with Gasteiger partial charge >= 0.3 is 0 Å². The third kappa shape index (κ3) is 5.03. The second-order valence-corrected chi connectivity index (χ2v) is 7.94. The molecule has 0 unspecified atom stereocenters. The number of nitrogens with zero attached hydrogens (tertiary/aromatic N) is 3. The number of carbonyl (C=O) groups excluding carboxylic acids is 2. The molecule has 0 fully saturated rings. The summed E-state index contributed by atoms with van der Waals surface area (Å²) in [5.74, 6) is -0.352. The molecule has 7 heteroatoms. The van der Waals surface area contributed by atoms with Crippen LogP contribution in [0.25, 0.3) is 11.0 Å². The maximum atomic E-state index is 12.9. The summed E-state index contributed by atoms with van der Waals surface area (Å²) in [7, 11) is 0. The molecule has 0 aliphatic heterocycles. The summed E-state index contributed by atoms with van der Waals surface area (Å²) in [6.07, 6.45) is 2.42. The Bertz CT molecular complexity index is 1020. The van der Waals surface area contributed by atoms with Crippen molar-refractivity contribution in [3.8, 4) is 0 Å². The van der Waals surface area contributed by atoms with Crippen LogP contribution in [0.15, 0.2) is 42.6 Å². The second-order valence-electron chi connectivity index (χ2n) is 7.94. The van der Waals surface area contributed by atoms with E-state index in [0.717, 1.165) is 17.7 Å². The number of fused-ring (bicyclic) bond motifs is 1. The van der Waals surface area contributed by atoms with Crippen LogP contribution in [0.3, 0.4) is 0 Å². The third-order valence-electron chi connectivity index (χ3n) is 4.90. The first kappa shape index (κ1) is 21.5. The van der Waals surface area contributed by atoms with E-state index in [1.54, 1.807) is 12.3 Å². The largest absolute Gasteiger partial charge is 0.354 e. The zero-order chi connectivity index (χ0) is 21.7. The number of nitrogens with one attached hydrogen (secondary N) is 2. The molecule has 0 bridgehead atoms. The molecule has 7 nitrogen and oxygen atoms in total. The molecule has 0 radical (unpaired) electrons. The van der Waals surface area contributed by atoms with Crippen LogP contribution in [0.4, 0.5) is 0 Å². The van der Waals surface area contributed by atoms with Crippen LogP contribution >= 0.6 is 0 Å². The smallest absolute Gasteiger partial charge is 0.252 e. The van der Waals surface area contributed by atoms with E-state index in [2.05, 4.69) is 15.7 Å². The van der Waals surface area contributed by atoms with Crippen molar-refractivity contribution in [1.82, 2.24) is 25.4 Å². The van der Waals surface area contributed by atoms with Crippen LogP contribution in [-0.4, -0.2) is 39.7 Å². The molecule has 0 atom stereocenters. The van der Waals surface area contributed by atoms with Gasteiger partial charge < -0.3 is 10.6 Å². The lowest BCUT2D eigenvalue weighted by atomic mass is 10.0. The molecule has 0 aliphatic carbocycles. The van der Waals surface area contributed by atoms with Crippen LogP contribution in [-0.2, 0) is 11.2 Å². The molecule has 2 N–H and O–H groups in total. The first-order chi connectivity index (χ1) is 14.4. The van der Waals surface area contributed by atoms with Gasteiger partial charge in [0.2, 0.25) is 5.91 Å². The summed E-state index contributed by atoms with van der Waals surface area (Å²) in [6.45, 7) is 8.56. The highest BCUT2D eigenvalue weighted by molar-refractivity contribution is 6.06. The molecular weight excluding hydrogens is 378 g/mol. The standard InChI is InChI=1S/C23H29N5O2/c1-15(2)20-12-18(19-13-26-28(16(3)4)22(19)27-20)23(30)25-14-21(29)24-11-10-17-8-6-5-7-9-17/h5-9,12-13,15-16H,10-11,14H2,1-4H3,(H,24,29)(H,25,30). The van der Waals surface area contributed by atoms with E-state index in [1.165, 1.54) is 0 Å². The Labute approximate surface area is 176 Å². The Hall–Kier alpha value is -3.22. The van der Waals surface area contributed by atoms with Crippen molar-refractivity contribution < 1.29 is 9.59 Å². The minimum absolute atomic E-state index is 0.0766. The zero-order valence-electron chi connectivity index (χ0n) is 18.0. The maximum Gasteiger partial charge on any atom is 0.252 e. The van der Waals surface area contributed by atoms with E-state index in [0.29, 0.717) is 23.1 Å². The van der Waals surface area contributed by atoms with E-state index in [9.17, 15) is 9.59 Å². The molecule has 2 aromatic heterocycles. The van der Waals surface area contributed by atoms with E-state index >= 15 is 0 Å². The van der Waals surface area contributed by atoms with Gasteiger partial charge in [0.05, 0.1) is 23.7 Å². The zero-order valence-corrected chi connectivity index (χ0v) is 18.0. The highest BCUT2D eigenvalue weighted by atomic mass is 16.2. The summed E-state index contributed by atoms with van der Waals surface area (Å²) in [5.41, 5.74) is 3.16. The highest BCUT2D eigenvalue weighted by Gasteiger charge is 2.19. The van der Waals surface area contributed by atoms with Gasteiger partial charge in [-0.15, -0.1) is 0 Å². The van der Waals surface area contributed by atoms with Crippen molar-refractivity contribution in [2.24, 2.45) is 0 Å². The van der Waals surface area contributed by atoms with E-state index in [-0.39, 0.29) is 30.3 Å². The average molecular weight is 408 g/mol. The lowest BCUT2D eigenvalue weighted by molar-refractivity contribution is -0.120. The molecule has 0 saturated heterocycles. The van der Waals surface area contributed by atoms with Crippen molar-refractivity contribution in [1.29, 1.82) is 0 Å². The molecular formula is C23H29N5O2. The predicted octanol–water partition coefficient (Wildman–Crippen LogP) is 3.22. The Morgan fingerprint density at radius 3 is 2.47 bits per heavy atom. The molecule has 0 saturated carbocycles. The van der Waals surface area contributed by atoms with Crippen molar-refractivity contribution in [3.05, 3.63) is 59.4 Å². The van der Waals surface area contributed by atoms with Gasteiger partial charge in [0.1, 0.15) is 0 Å². The normalized spacial score (nSPS) is 11.3. The van der Waals surface area contributed by atoms with E-state index in [4.69, 9.17) is 4.98 Å². The molecule has 2 amide bonds. The third-order valence-corrected chi connectivity index (χ3v) is 4.90.